The van der Waals surface area contributed by atoms with E-state index in [0.717, 1.165) is 0 Å². The van der Waals surface area contributed by atoms with Crippen LogP contribution >= 0.6 is 11.8 Å². The van der Waals surface area contributed by atoms with Crippen LogP contribution in [0.15, 0.2) is 35.3 Å². The molecule has 0 saturated carbocycles. The molecule has 1 aliphatic heterocycles. The largest absolute Gasteiger partial charge is 0.327 e. The summed E-state index contributed by atoms with van der Waals surface area (Å²) in [5, 5.41) is 2.82. The van der Waals surface area contributed by atoms with E-state index < -0.39 is 0 Å². The molecule has 58 valence electrons. The molecule has 2 aliphatic rings. The van der Waals surface area contributed by atoms with E-state index in [4.69, 9.17) is 5.73 Å². The fourth-order valence-corrected chi connectivity index (χ4v) is 2.38. The Kier molecular flexibility index (Phi) is 1.88. The van der Waals surface area contributed by atoms with Crippen LogP contribution < -0.4 is 5.73 Å². The molecule has 2 unspecified atom stereocenters. The van der Waals surface area contributed by atoms with Gasteiger partial charge in [0.2, 0.25) is 0 Å². The summed E-state index contributed by atoms with van der Waals surface area (Å²) in [4.78, 5) is 0. The molecule has 0 aromatic carbocycles. The predicted molar refractivity (Wildman–Crippen MR) is 50.3 cm³/mol. The topological polar surface area (TPSA) is 26.0 Å². The second-order valence-corrected chi connectivity index (χ2v) is 3.90. The molecule has 0 saturated heterocycles. The van der Waals surface area contributed by atoms with Crippen LogP contribution in [0, 0.1) is 5.92 Å². The highest BCUT2D eigenvalue weighted by Gasteiger charge is 2.21. The Bertz CT molecular complexity index is 240. The first kappa shape index (κ1) is 7.19. The Hall–Kier alpha value is -0.470. The van der Waals surface area contributed by atoms with Crippen LogP contribution in [0.2, 0.25) is 0 Å². The van der Waals surface area contributed by atoms with Crippen molar-refractivity contribution in [2.24, 2.45) is 11.7 Å². The highest BCUT2D eigenvalue weighted by Crippen LogP contribution is 2.34. The number of hydrogen-bond donors (Lipinski definition) is 1. The van der Waals surface area contributed by atoms with Crippen molar-refractivity contribution in [1.82, 2.24) is 0 Å². The molecule has 2 N–H and O–H groups in total. The quantitative estimate of drug-likeness (QED) is 0.640. The van der Waals surface area contributed by atoms with Gasteiger partial charge in [0.15, 0.2) is 0 Å². The van der Waals surface area contributed by atoms with E-state index in [1.807, 2.05) is 11.8 Å². The minimum absolute atomic E-state index is 0.601. The Morgan fingerprint density at radius 2 is 2.36 bits per heavy atom. The lowest BCUT2D eigenvalue weighted by Gasteiger charge is -2.16. The van der Waals surface area contributed by atoms with E-state index >= 15 is 0 Å². The van der Waals surface area contributed by atoms with Gasteiger partial charge in [-0.1, -0.05) is 24.3 Å². The van der Waals surface area contributed by atoms with Gasteiger partial charge >= 0.3 is 0 Å². The summed E-state index contributed by atoms with van der Waals surface area (Å²) in [5.74, 6) is 0.601. The summed E-state index contributed by atoms with van der Waals surface area (Å²) in [5.41, 5.74) is 6.80. The molecule has 2 atom stereocenters. The average Bonchev–Trinajstić information content (AvgIpc) is 2.50. The summed E-state index contributed by atoms with van der Waals surface area (Å²) >= 11 is 1.89. The lowest BCUT2D eigenvalue weighted by atomic mass is 9.96. The number of thioether (sulfide) groups is 1. The van der Waals surface area contributed by atoms with E-state index in [2.05, 4.69) is 29.7 Å². The number of nitrogens with two attached hydrogens (primary N) is 1. The molecule has 0 bridgehead atoms. The van der Waals surface area contributed by atoms with Crippen molar-refractivity contribution in [3.05, 3.63) is 35.3 Å². The van der Waals surface area contributed by atoms with E-state index in [1.54, 1.807) is 0 Å². The van der Waals surface area contributed by atoms with Crippen molar-refractivity contribution in [3.8, 4) is 0 Å². The van der Waals surface area contributed by atoms with Crippen molar-refractivity contribution in [2.45, 2.75) is 5.25 Å². The van der Waals surface area contributed by atoms with Gasteiger partial charge in [-0.05, 0) is 11.0 Å². The van der Waals surface area contributed by atoms with Gasteiger partial charge in [-0.3, -0.25) is 0 Å². The highest BCUT2D eigenvalue weighted by molar-refractivity contribution is 8.03. The van der Waals surface area contributed by atoms with Gasteiger partial charge in [0.05, 0.1) is 0 Å². The van der Waals surface area contributed by atoms with Crippen LogP contribution in [-0.2, 0) is 0 Å². The molecule has 2 rings (SSSR count). The molecular weight excluding hydrogens is 154 g/mol. The minimum Gasteiger partial charge on any atom is -0.327 e. The van der Waals surface area contributed by atoms with Crippen molar-refractivity contribution in [2.75, 3.05) is 6.54 Å². The second-order valence-electron chi connectivity index (χ2n) is 2.81. The molecule has 1 heterocycles. The standard InChI is InChI=1S/C9H11NS/c10-6-7-1-2-9-8(5-7)3-4-11-9/h1-5,8-9H,6,10H2. The number of hydrogen-bond acceptors (Lipinski definition) is 2. The Morgan fingerprint density at radius 3 is 3.18 bits per heavy atom. The van der Waals surface area contributed by atoms with Crippen LogP contribution in [0.4, 0.5) is 0 Å². The molecule has 0 radical (unpaired) electrons. The molecule has 1 nitrogen and oxygen atoms in total. The van der Waals surface area contributed by atoms with Crippen LogP contribution in [-0.4, -0.2) is 11.8 Å². The van der Waals surface area contributed by atoms with Gasteiger partial charge in [-0.25, -0.2) is 0 Å². The van der Waals surface area contributed by atoms with Crippen molar-refractivity contribution in [1.29, 1.82) is 0 Å². The second kappa shape index (κ2) is 2.88. The van der Waals surface area contributed by atoms with Gasteiger partial charge in [0.1, 0.15) is 0 Å². The third-order valence-electron chi connectivity index (χ3n) is 2.06. The van der Waals surface area contributed by atoms with Crippen LogP contribution in [0.25, 0.3) is 0 Å². The van der Waals surface area contributed by atoms with E-state index in [-0.39, 0.29) is 0 Å². The number of rotatable bonds is 1. The van der Waals surface area contributed by atoms with Crippen molar-refractivity contribution < 1.29 is 0 Å². The third kappa shape index (κ3) is 1.28. The molecule has 1 aliphatic carbocycles. The van der Waals surface area contributed by atoms with Crippen molar-refractivity contribution in [3.63, 3.8) is 0 Å². The molecule has 0 fully saturated rings. The smallest absolute Gasteiger partial charge is 0.0369 e. The lowest BCUT2D eigenvalue weighted by molar-refractivity contribution is 0.839. The van der Waals surface area contributed by atoms with E-state index in [9.17, 15) is 0 Å². The van der Waals surface area contributed by atoms with E-state index in [1.165, 1.54) is 5.57 Å². The Balaban J connectivity index is 2.19. The molecule has 2 heteroatoms. The molecule has 11 heavy (non-hydrogen) atoms. The summed E-state index contributed by atoms with van der Waals surface area (Å²) in [6, 6.07) is 0. The van der Waals surface area contributed by atoms with Gasteiger partial charge < -0.3 is 5.73 Å². The highest BCUT2D eigenvalue weighted by atomic mass is 32.2. The first-order valence-corrected chi connectivity index (χ1v) is 4.75. The zero-order chi connectivity index (χ0) is 7.68. The average molecular weight is 165 g/mol. The Labute approximate surface area is 71.0 Å². The fourth-order valence-electron chi connectivity index (χ4n) is 1.41. The summed E-state index contributed by atoms with van der Waals surface area (Å²) in [6.07, 6.45) is 8.90. The molecule has 0 aromatic rings. The van der Waals surface area contributed by atoms with Crippen LogP contribution in [0.1, 0.15) is 0 Å². The van der Waals surface area contributed by atoms with Crippen LogP contribution in [0.3, 0.4) is 0 Å². The first-order chi connectivity index (χ1) is 5.40. The number of allylic oxidation sites excluding steroid dienone is 2. The van der Waals surface area contributed by atoms with Gasteiger partial charge in [-0.15, -0.1) is 11.8 Å². The normalized spacial score (nSPS) is 33.7. The molecular formula is C9H11NS. The minimum atomic E-state index is 0.601. The maximum Gasteiger partial charge on any atom is 0.0369 e. The summed E-state index contributed by atoms with van der Waals surface area (Å²) in [7, 11) is 0. The maximum atomic E-state index is 5.54. The molecule has 0 spiro atoms. The maximum absolute atomic E-state index is 5.54. The lowest BCUT2D eigenvalue weighted by Crippen LogP contribution is -2.13. The van der Waals surface area contributed by atoms with Crippen LogP contribution in [0.5, 0.6) is 0 Å². The van der Waals surface area contributed by atoms with Gasteiger partial charge in [-0.2, -0.15) is 0 Å². The molecule has 0 amide bonds. The zero-order valence-corrected chi connectivity index (χ0v) is 7.05. The SMILES string of the molecule is NCC1=CC2C=CSC2C=C1. The summed E-state index contributed by atoms with van der Waals surface area (Å²) in [6.45, 7) is 0.665. The summed E-state index contributed by atoms with van der Waals surface area (Å²) < 4.78 is 0. The monoisotopic (exact) mass is 165 g/mol. The third-order valence-corrected chi connectivity index (χ3v) is 3.16. The fraction of sp³-hybridized carbons (Fsp3) is 0.333. The number of fused-ring (bicyclic) bond motifs is 1. The van der Waals surface area contributed by atoms with Gasteiger partial charge in [0.25, 0.3) is 0 Å². The zero-order valence-electron chi connectivity index (χ0n) is 6.23. The predicted octanol–water partition coefficient (Wildman–Crippen LogP) is 1.69. The Morgan fingerprint density at radius 1 is 1.45 bits per heavy atom. The first-order valence-electron chi connectivity index (χ1n) is 3.81. The molecule has 0 aromatic heterocycles. The van der Waals surface area contributed by atoms with Crippen molar-refractivity contribution >= 4 is 11.8 Å². The van der Waals surface area contributed by atoms with Gasteiger partial charge in [0, 0.05) is 17.7 Å². The van der Waals surface area contributed by atoms with E-state index in [0.29, 0.717) is 17.7 Å².